The molecule has 0 unspecified atom stereocenters. The molecule has 0 aliphatic rings. The molecule has 0 aliphatic heterocycles. The lowest BCUT2D eigenvalue weighted by molar-refractivity contribution is 0.862. The largest absolute Gasteiger partial charge is 0.500 e. The molecule has 4 aromatic rings. The van der Waals surface area contributed by atoms with Gasteiger partial charge in [0.1, 0.15) is 18.3 Å². The SMILES string of the molecule is O=c1cc[n]([Al][I])nc1Cc1cccc(-c2ncc(-n3cnnc3)cn2)c1. The molecule has 3 aromatic heterocycles. The summed E-state index contributed by atoms with van der Waals surface area (Å²) in [6, 6.07) is 9.42. The van der Waals surface area contributed by atoms with Gasteiger partial charge < -0.3 is 3.67 Å². The Balaban J connectivity index is 1.60. The first-order valence-corrected chi connectivity index (χ1v) is 12.7. The van der Waals surface area contributed by atoms with E-state index < -0.39 is 0 Å². The molecular formula is C17H12AlIN7O. The van der Waals surface area contributed by atoms with Gasteiger partial charge in [-0.1, -0.05) is 18.2 Å². The van der Waals surface area contributed by atoms with Crippen LogP contribution in [0.15, 0.2) is 66.4 Å². The van der Waals surface area contributed by atoms with E-state index in [1.165, 1.54) is 0 Å². The lowest BCUT2D eigenvalue weighted by Crippen LogP contribution is -2.18. The van der Waals surface area contributed by atoms with Crippen LogP contribution in [0.2, 0.25) is 0 Å². The summed E-state index contributed by atoms with van der Waals surface area (Å²) in [5.74, 6) is 0.615. The summed E-state index contributed by atoms with van der Waals surface area (Å²) in [5.41, 5.74) is 3.16. The maximum atomic E-state index is 12.1. The molecule has 0 saturated heterocycles. The summed E-state index contributed by atoms with van der Waals surface area (Å²) in [6.45, 7) is 0. The molecule has 0 fully saturated rings. The fourth-order valence-electron chi connectivity index (χ4n) is 2.59. The summed E-state index contributed by atoms with van der Waals surface area (Å²) < 4.78 is 3.56. The third-order valence-corrected chi connectivity index (χ3v) is 6.11. The molecule has 0 N–H and O–H groups in total. The van der Waals surface area contributed by atoms with E-state index in [1.54, 1.807) is 41.9 Å². The van der Waals surface area contributed by atoms with Crippen LogP contribution in [0, 0.1) is 0 Å². The number of nitrogens with zero attached hydrogens (tertiary/aromatic N) is 7. The lowest BCUT2D eigenvalue weighted by atomic mass is 10.1. The number of benzene rings is 1. The van der Waals surface area contributed by atoms with Gasteiger partial charge in [-0.05, 0) is 17.8 Å². The second-order valence-electron chi connectivity index (χ2n) is 5.72. The van der Waals surface area contributed by atoms with Crippen LogP contribution in [0.25, 0.3) is 17.1 Å². The molecule has 0 saturated carbocycles. The molecule has 0 atom stereocenters. The topological polar surface area (TPSA) is 91.4 Å². The van der Waals surface area contributed by atoms with Crippen molar-refractivity contribution in [1.82, 2.24) is 33.5 Å². The zero-order valence-corrected chi connectivity index (χ0v) is 17.3. The summed E-state index contributed by atoms with van der Waals surface area (Å²) in [6.07, 6.45) is 8.84. The van der Waals surface area contributed by atoms with Gasteiger partial charge in [-0.2, -0.15) is 25.4 Å². The first-order valence-electron chi connectivity index (χ1n) is 8.01. The number of hydrogen-bond donors (Lipinski definition) is 0. The molecule has 10 heteroatoms. The highest BCUT2D eigenvalue weighted by molar-refractivity contribution is 14.1. The Morgan fingerprint density at radius 3 is 2.59 bits per heavy atom. The Labute approximate surface area is 171 Å². The molecule has 0 bridgehead atoms. The smallest absolute Gasteiger partial charge is 0.360 e. The van der Waals surface area contributed by atoms with Crippen molar-refractivity contribution in [1.29, 1.82) is 0 Å². The number of aromatic nitrogens is 7. The predicted molar refractivity (Wildman–Crippen MR) is 109 cm³/mol. The van der Waals surface area contributed by atoms with Crippen LogP contribution in [0.4, 0.5) is 0 Å². The van der Waals surface area contributed by atoms with Gasteiger partial charge in [-0.15, -0.1) is 10.2 Å². The summed E-state index contributed by atoms with van der Waals surface area (Å²) in [5, 5.41) is 12.0. The molecule has 0 aliphatic carbocycles. The Bertz CT molecular complexity index is 1110. The normalized spacial score (nSPS) is 10.7. The summed E-state index contributed by atoms with van der Waals surface area (Å²) in [4.78, 5) is 21.0. The van der Waals surface area contributed by atoms with Crippen molar-refractivity contribution in [2.75, 3.05) is 0 Å². The van der Waals surface area contributed by atoms with E-state index in [4.69, 9.17) is 0 Å². The van der Waals surface area contributed by atoms with Crippen molar-refractivity contribution < 1.29 is 0 Å². The molecule has 4 rings (SSSR count). The second-order valence-corrected chi connectivity index (χ2v) is 8.11. The molecule has 3 heterocycles. The van der Waals surface area contributed by atoms with Gasteiger partial charge in [0.25, 0.3) is 0 Å². The van der Waals surface area contributed by atoms with E-state index in [0.717, 1.165) is 16.8 Å². The molecule has 1 radical (unpaired) electrons. The van der Waals surface area contributed by atoms with Crippen molar-refractivity contribution in [3.05, 3.63) is 83.1 Å². The van der Waals surface area contributed by atoms with Crippen molar-refractivity contribution in [2.24, 2.45) is 0 Å². The van der Waals surface area contributed by atoms with Crippen molar-refractivity contribution in [2.45, 2.75) is 6.42 Å². The van der Waals surface area contributed by atoms with E-state index in [2.05, 4.69) is 45.5 Å². The molecular weight excluding hydrogens is 472 g/mol. The average Bonchev–Trinajstić information content (AvgIpc) is 3.25. The first-order chi connectivity index (χ1) is 13.2. The minimum absolute atomic E-state index is 0.0238. The van der Waals surface area contributed by atoms with Crippen LogP contribution in [-0.2, 0) is 6.42 Å². The van der Waals surface area contributed by atoms with Crippen molar-refractivity contribution in [3.8, 4) is 17.1 Å². The van der Waals surface area contributed by atoms with Crippen LogP contribution in [0.5, 0.6) is 0 Å². The van der Waals surface area contributed by atoms with Crippen LogP contribution in [0.3, 0.4) is 0 Å². The maximum absolute atomic E-state index is 12.1. The molecule has 0 spiro atoms. The Kier molecular flexibility index (Phi) is 5.38. The van der Waals surface area contributed by atoms with E-state index in [9.17, 15) is 4.79 Å². The van der Waals surface area contributed by atoms with Crippen LogP contribution in [0.1, 0.15) is 11.3 Å². The fourth-order valence-corrected chi connectivity index (χ4v) is 3.86. The average molecular weight is 484 g/mol. The maximum Gasteiger partial charge on any atom is 0.500 e. The van der Waals surface area contributed by atoms with Gasteiger partial charge in [0.15, 0.2) is 5.82 Å². The molecule has 27 heavy (non-hydrogen) atoms. The van der Waals surface area contributed by atoms with E-state index >= 15 is 0 Å². The third kappa shape index (κ3) is 4.13. The second kappa shape index (κ2) is 8.08. The molecule has 0 amide bonds. The van der Waals surface area contributed by atoms with Crippen LogP contribution in [-0.4, -0.2) is 45.7 Å². The van der Waals surface area contributed by atoms with Crippen molar-refractivity contribution >= 4 is 32.4 Å². The Hall–Kier alpha value is -2.42. The fraction of sp³-hybridized carbons (Fsp3) is 0.0588. The van der Waals surface area contributed by atoms with Gasteiger partial charge >= 0.3 is 12.2 Å². The highest BCUT2D eigenvalue weighted by Crippen LogP contribution is 2.18. The quantitative estimate of drug-likeness (QED) is 0.317. The van der Waals surface area contributed by atoms with Gasteiger partial charge in [0.2, 0.25) is 5.43 Å². The molecule has 1 aromatic carbocycles. The minimum atomic E-state index is -0.0459. The summed E-state index contributed by atoms with van der Waals surface area (Å²) in [7, 11) is 0. The van der Waals surface area contributed by atoms with E-state index in [-0.39, 0.29) is 17.6 Å². The van der Waals surface area contributed by atoms with Gasteiger partial charge in [-0.3, -0.25) is 9.36 Å². The standard InChI is InChI=1S/C17H13N7O.Al.HI/c25-16-4-5-20-23-15(16)7-12-2-1-3-13(6-12)17-18-8-14(9-19-17)24-10-21-22-11-24;;/h1-6,8-11H,7H2,(H,20,25);;1H/q;+2;/p-2. The predicted octanol–water partition coefficient (Wildman–Crippen LogP) is 1.69. The van der Waals surface area contributed by atoms with Crippen molar-refractivity contribution in [3.63, 3.8) is 0 Å². The number of hydrogen-bond acceptors (Lipinski definition) is 6. The monoisotopic (exact) mass is 484 g/mol. The Morgan fingerprint density at radius 2 is 1.85 bits per heavy atom. The van der Waals surface area contributed by atoms with Gasteiger partial charge in [-0.25, -0.2) is 9.97 Å². The zero-order valence-electron chi connectivity index (χ0n) is 14.0. The Morgan fingerprint density at radius 1 is 1.07 bits per heavy atom. The minimum Gasteiger partial charge on any atom is -0.360 e. The number of rotatable bonds is 5. The third-order valence-electron chi connectivity index (χ3n) is 3.91. The van der Waals surface area contributed by atoms with Crippen LogP contribution >= 0.6 is 20.3 Å². The highest BCUT2D eigenvalue weighted by Gasteiger charge is 2.08. The molecule has 8 nitrogen and oxygen atoms in total. The highest BCUT2D eigenvalue weighted by atomic mass is 127. The number of halogens is 1. The lowest BCUT2D eigenvalue weighted by Gasteiger charge is -2.07. The van der Waals surface area contributed by atoms with E-state index in [1.807, 2.05) is 27.9 Å². The van der Waals surface area contributed by atoms with Crippen LogP contribution < -0.4 is 5.43 Å². The van der Waals surface area contributed by atoms with Gasteiger partial charge in [0, 0.05) is 18.1 Å². The summed E-state index contributed by atoms with van der Waals surface area (Å²) >= 11 is 2.26. The first kappa shape index (κ1) is 18.0. The van der Waals surface area contributed by atoms with Gasteiger partial charge in [0.05, 0.1) is 18.1 Å². The zero-order chi connectivity index (χ0) is 18.6. The molecule has 131 valence electrons. The van der Waals surface area contributed by atoms with E-state index in [0.29, 0.717) is 17.9 Å².